The SMILES string of the molecule is O=C1CCCC2NC(Nc3nc4ccccc4o3)=NC(c3ccccc3)C12. The van der Waals surface area contributed by atoms with E-state index in [1.54, 1.807) is 0 Å². The van der Waals surface area contributed by atoms with Crippen LogP contribution in [0.3, 0.4) is 0 Å². The highest BCUT2D eigenvalue weighted by molar-refractivity contribution is 5.95. The third-order valence-corrected chi connectivity index (χ3v) is 5.33. The summed E-state index contributed by atoms with van der Waals surface area (Å²) in [5.41, 5.74) is 2.57. The number of guanidine groups is 1. The molecule has 1 aromatic heterocycles. The zero-order chi connectivity index (χ0) is 18.2. The van der Waals surface area contributed by atoms with Crippen LogP contribution in [-0.2, 0) is 4.79 Å². The molecule has 6 nitrogen and oxygen atoms in total. The molecule has 1 fully saturated rings. The summed E-state index contributed by atoms with van der Waals surface area (Å²) >= 11 is 0. The number of hydrogen-bond acceptors (Lipinski definition) is 6. The highest BCUT2D eigenvalue weighted by atomic mass is 16.4. The molecular formula is C21H20N4O2. The van der Waals surface area contributed by atoms with Crippen molar-refractivity contribution >= 4 is 28.9 Å². The predicted molar refractivity (Wildman–Crippen MR) is 104 cm³/mol. The molecule has 0 amide bonds. The molecule has 2 aromatic carbocycles. The van der Waals surface area contributed by atoms with Crippen LogP contribution in [0.2, 0.25) is 0 Å². The number of aromatic nitrogens is 1. The number of carbonyl (C=O) groups is 1. The Balaban J connectivity index is 1.50. The van der Waals surface area contributed by atoms with E-state index in [9.17, 15) is 4.79 Å². The molecule has 1 saturated carbocycles. The molecule has 136 valence electrons. The molecule has 3 unspecified atom stereocenters. The van der Waals surface area contributed by atoms with Gasteiger partial charge in [0.05, 0.1) is 12.0 Å². The summed E-state index contributed by atoms with van der Waals surface area (Å²) in [5, 5.41) is 6.56. The topological polar surface area (TPSA) is 79.5 Å². The Hall–Kier alpha value is -3.15. The van der Waals surface area contributed by atoms with E-state index in [2.05, 4.69) is 15.6 Å². The van der Waals surface area contributed by atoms with Gasteiger partial charge in [0.15, 0.2) is 11.5 Å². The predicted octanol–water partition coefficient (Wildman–Crippen LogP) is 3.68. The van der Waals surface area contributed by atoms with Gasteiger partial charge in [-0.15, -0.1) is 0 Å². The fraction of sp³-hybridized carbons (Fsp3) is 0.286. The van der Waals surface area contributed by atoms with Crippen LogP contribution in [0.1, 0.15) is 30.9 Å². The number of fused-ring (bicyclic) bond motifs is 2. The molecule has 3 aromatic rings. The number of hydrogen-bond donors (Lipinski definition) is 2. The molecule has 5 rings (SSSR count). The summed E-state index contributed by atoms with van der Waals surface area (Å²) in [6, 6.07) is 17.9. The molecule has 3 atom stereocenters. The maximum atomic E-state index is 12.6. The molecule has 1 aliphatic carbocycles. The summed E-state index contributed by atoms with van der Waals surface area (Å²) in [6.07, 6.45) is 2.49. The van der Waals surface area contributed by atoms with E-state index in [-0.39, 0.29) is 23.8 Å². The van der Waals surface area contributed by atoms with Crippen molar-refractivity contribution in [3.8, 4) is 0 Å². The fourth-order valence-corrected chi connectivity index (χ4v) is 4.08. The highest BCUT2D eigenvalue weighted by Crippen LogP contribution is 2.37. The Kier molecular flexibility index (Phi) is 3.89. The minimum atomic E-state index is -0.197. The zero-order valence-corrected chi connectivity index (χ0v) is 14.8. The second kappa shape index (κ2) is 6.54. The van der Waals surface area contributed by atoms with Crippen LogP contribution < -0.4 is 10.6 Å². The third-order valence-electron chi connectivity index (χ3n) is 5.33. The lowest BCUT2D eigenvalue weighted by Crippen LogP contribution is -2.53. The summed E-state index contributed by atoms with van der Waals surface area (Å²) in [7, 11) is 0. The van der Waals surface area contributed by atoms with Crippen LogP contribution in [0.5, 0.6) is 0 Å². The van der Waals surface area contributed by atoms with Crippen molar-refractivity contribution < 1.29 is 9.21 Å². The molecule has 6 heteroatoms. The van der Waals surface area contributed by atoms with Crippen molar-refractivity contribution in [1.82, 2.24) is 10.3 Å². The lowest BCUT2D eigenvalue weighted by Gasteiger charge is -2.39. The van der Waals surface area contributed by atoms with Gasteiger partial charge in [-0.25, -0.2) is 4.99 Å². The number of aliphatic imine (C=N–C) groups is 1. The smallest absolute Gasteiger partial charge is 0.302 e. The number of oxazole rings is 1. The average molecular weight is 360 g/mol. The second-order valence-electron chi connectivity index (χ2n) is 7.08. The monoisotopic (exact) mass is 360 g/mol. The largest absolute Gasteiger partial charge is 0.423 e. The summed E-state index contributed by atoms with van der Waals surface area (Å²) in [4.78, 5) is 21.9. The van der Waals surface area contributed by atoms with Crippen LogP contribution in [0, 0.1) is 5.92 Å². The Labute approximate surface area is 156 Å². The maximum absolute atomic E-state index is 12.6. The van der Waals surface area contributed by atoms with E-state index in [4.69, 9.17) is 9.41 Å². The number of benzene rings is 2. The molecule has 0 spiro atoms. The van der Waals surface area contributed by atoms with Crippen LogP contribution >= 0.6 is 0 Å². The van der Waals surface area contributed by atoms with Crippen LogP contribution in [0.15, 0.2) is 64.0 Å². The van der Waals surface area contributed by atoms with Crippen molar-refractivity contribution in [2.45, 2.75) is 31.3 Å². The number of Topliss-reactive ketones (excluding diaryl/α,β-unsaturated/α-hetero) is 1. The first-order chi connectivity index (χ1) is 13.3. The van der Waals surface area contributed by atoms with Crippen LogP contribution in [-0.4, -0.2) is 22.8 Å². The minimum absolute atomic E-state index is 0.0702. The fourth-order valence-electron chi connectivity index (χ4n) is 4.08. The van der Waals surface area contributed by atoms with Crippen molar-refractivity contribution in [2.75, 3.05) is 5.32 Å². The molecule has 0 saturated heterocycles. The minimum Gasteiger partial charge on any atom is -0.423 e. The molecule has 27 heavy (non-hydrogen) atoms. The highest BCUT2D eigenvalue weighted by Gasteiger charge is 2.42. The molecule has 0 bridgehead atoms. The average Bonchev–Trinajstić information content (AvgIpc) is 3.10. The first-order valence-corrected chi connectivity index (χ1v) is 9.32. The van der Waals surface area contributed by atoms with Gasteiger partial charge in [0, 0.05) is 12.5 Å². The Bertz CT molecular complexity index is 978. The summed E-state index contributed by atoms with van der Waals surface area (Å²) in [6.45, 7) is 0. The Morgan fingerprint density at radius 2 is 1.89 bits per heavy atom. The van der Waals surface area contributed by atoms with Crippen LogP contribution in [0.4, 0.5) is 6.01 Å². The normalized spacial score (nSPS) is 24.8. The van der Waals surface area contributed by atoms with Gasteiger partial charge in [0.1, 0.15) is 11.3 Å². The summed E-state index contributed by atoms with van der Waals surface area (Å²) < 4.78 is 5.76. The van der Waals surface area contributed by atoms with E-state index in [0.717, 1.165) is 29.5 Å². The number of nitrogens with one attached hydrogen (secondary N) is 2. The molecule has 2 aliphatic rings. The summed E-state index contributed by atoms with van der Waals surface area (Å²) in [5.74, 6) is 0.763. The number of carbonyl (C=O) groups excluding carboxylic acids is 1. The van der Waals surface area contributed by atoms with E-state index in [1.165, 1.54) is 0 Å². The van der Waals surface area contributed by atoms with Gasteiger partial charge >= 0.3 is 6.01 Å². The number of para-hydroxylation sites is 2. The molecule has 2 N–H and O–H groups in total. The van der Waals surface area contributed by atoms with Gasteiger partial charge in [-0.05, 0) is 30.5 Å². The van der Waals surface area contributed by atoms with E-state index in [1.807, 2.05) is 54.6 Å². The van der Waals surface area contributed by atoms with E-state index >= 15 is 0 Å². The number of nitrogens with zero attached hydrogens (tertiary/aromatic N) is 2. The number of rotatable bonds is 2. The van der Waals surface area contributed by atoms with Crippen molar-refractivity contribution in [2.24, 2.45) is 10.9 Å². The van der Waals surface area contributed by atoms with Crippen LogP contribution in [0.25, 0.3) is 11.1 Å². The van der Waals surface area contributed by atoms with Gasteiger partial charge in [-0.2, -0.15) is 4.98 Å². The second-order valence-corrected chi connectivity index (χ2v) is 7.08. The number of anilines is 1. The quantitative estimate of drug-likeness (QED) is 0.729. The van der Waals surface area contributed by atoms with Gasteiger partial charge in [-0.3, -0.25) is 10.1 Å². The standard InChI is InChI=1S/C21H20N4O2/c26-16-11-6-10-15-18(16)19(13-7-2-1-3-8-13)24-20(22-15)25-21-23-14-9-4-5-12-17(14)27-21/h1-5,7-9,12,15,18-19H,6,10-11H2,(H2,22,23,24,25). The molecular weight excluding hydrogens is 340 g/mol. The molecule has 0 radical (unpaired) electrons. The van der Waals surface area contributed by atoms with Gasteiger partial charge in [0.2, 0.25) is 0 Å². The maximum Gasteiger partial charge on any atom is 0.302 e. The van der Waals surface area contributed by atoms with Gasteiger partial charge < -0.3 is 9.73 Å². The van der Waals surface area contributed by atoms with Crippen molar-refractivity contribution in [3.05, 3.63) is 60.2 Å². The lowest BCUT2D eigenvalue weighted by atomic mass is 9.76. The Morgan fingerprint density at radius 3 is 2.74 bits per heavy atom. The van der Waals surface area contributed by atoms with E-state index < -0.39 is 0 Å². The van der Waals surface area contributed by atoms with Crippen molar-refractivity contribution in [1.29, 1.82) is 0 Å². The van der Waals surface area contributed by atoms with Crippen molar-refractivity contribution in [3.63, 3.8) is 0 Å². The number of ketones is 1. The first kappa shape index (κ1) is 16.1. The Morgan fingerprint density at radius 1 is 1.07 bits per heavy atom. The molecule has 1 aliphatic heterocycles. The first-order valence-electron chi connectivity index (χ1n) is 9.32. The zero-order valence-electron chi connectivity index (χ0n) is 14.8. The van der Waals surface area contributed by atoms with Gasteiger partial charge in [0.25, 0.3) is 0 Å². The van der Waals surface area contributed by atoms with E-state index in [0.29, 0.717) is 18.4 Å². The molecule has 2 heterocycles. The third kappa shape index (κ3) is 2.97. The lowest BCUT2D eigenvalue weighted by molar-refractivity contribution is -0.126. The van der Waals surface area contributed by atoms with Gasteiger partial charge in [-0.1, -0.05) is 42.5 Å².